The summed E-state index contributed by atoms with van der Waals surface area (Å²) in [6.45, 7) is 7.52. The molecule has 0 unspecified atom stereocenters. The largest absolute Gasteiger partial charge is 0.357 e. The molecule has 0 amide bonds. The molecule has 1 fully saturated rings. The summed E-state index contributed by atoms with van der Waals surface area (Å²) in [5.74, 6) is 0.402. The summed E-state index contributed by atoms with van der Waals surface area (Å²) < 4.78 is 27.4. The molecule has 0 bridgehead atoms. The number of nitro groups is 1. The van der Waals surface area contributed by atoms with Crippen molar-refractivity contribution < 1.29 is 18.3 Å². The second-order valence-corrected chi connectivity index (χ2v) is 9.76. The maximum atomic E-state index is 13.0. The van der Waals surface area contributed by atoms with Crippen molar-refractivity contribution in [1.29, 1.82) is 0 Å². The van der Waals surface area contributed by atoms with Crippen molar-refractivity contribution in [3.8, 4) is 0 Å². The molecule has 1 saturated heterocycles. The smallest absolute Gasteiger partial charge is 0.258 e. The van der Waals surface area contributed by atoms with Crippen molar-refractivity contribution in [3.63, 3.8) is 0 Å². The van der Waals surface area contributed by atoms with Crippen LogP contribution < -0.4 is 9.88 Å². The molecular weight excluding hydrogens is 380 g/mol. The zero-order valence-corrected chi connectivity index (χ0v) is 17.1. The average molecular weight is 406 g/mol. The zero-order chi connectivity index (χ0) is 20.5. The highest BCUT2D eigenvalue weighted by molar-refractivity contribution is 7.89. The van der Waals surface area contributed by atoms with Crippen LogP contribution in [0.4, 0.5) is 11.5 Å². The van der Waals surface area contributed by atoms with E-state index in [1.807, 2.05) is 17.0 Å². The van der Waals surface area contributed by atoms with E-state index < -0.39 is 14.9 Å². The van der Waals surface area contributed by atoms with Crippen LogP contribution in [0.3, 0.4) is 0 Å². The second-order valence-electron chi connectivity index (χ2n) is 7.83. The first-order valence-corrected chi connectivity index (χ1v) is 10.6. The molecule has 150 valence electrons. The van der Waals surface area contributed by atoms with Gasteiger partial charge >= 0.3 is 11.5 Å². The molecule has 1 aromatic carbocycles. The number of pyridine rings is 1. The van der Waals surface area contributed by atoms with E-state index >= 15 is 0 Å². The van der Waals surface area contributed by atoms with Gasteiger partial charge in [0.05, 0.1) is 42.2 Å². The van der Waals surface area contributed by atoms with Gasteiger partial charge < -0.3 is 0 Å². The summed E-state index contributed by atoms with van der Waals surface area (Å²) in [5, 5.41) is 11.2. The number of aromatic amines is 1. The van der Waals surface area contributed by atoms with Crippen LogP contribution >= 0.6 is 0 Å². The van der Waals surface area contributed by atoms with Crippen LogP contribution in [0.5, 0.6) is 0 Å². The molecule has 2 heterocycles. The topological polar surface area (TPSA) is 97.9 Å². The Morgan fingerprint density at radius 3 is 2.18 bits per heavy atom. The second kappa shape index (κ2) is 7.48. The molecule has 0 aliphatic carbocycles. The van der Waals surface area contributed by atoms with Gasteiger partial charge in [0.1, 0.15) is 0 Å². The van der Waals surface area contributed by atoms with Crippen LogP contribution in [0.2, 0.25) is 0 Å². The summed E-state index contributed by atoms with van der Waals surface area (Å²) in [5.41, 5.74) is 1.01. The lowest BCUT2D eigenvalue weighted by Gasteiger charge is -2.30. The Morgan fingerprint density at radius 1 is 1.04 bits per heavy atom. The van der Waals surface area contributed by atoms with Gasteiger partial charge in [-0.05, 0) is 29.2 Å². The van der Waals surface area contributed by atoms with Gasteiger partial charge in [0.25, 0.3) is 0 Å². The number of H-pyrrole nitrogens is 1. The van der Waals surface area contributed by atoms with Crippen molar-refractivity contribution in [2.24, 2.45) is 0 Å². The van der Waals surface area contributed by atoms with E-state index in [2.05, 4.69) is 25.8 Å². The monoisotopic (exact) mass is 405 g/mol. The van der Waals surface area contributed by atoms with Crippen molar-refractivity contribution in [2.45, 2.75) is 31.1 Å². The maximum absolute atomic E-state index is 13.0. The van der Waals surface area contributed by atoms with E-state index in [-0.39, 0.29) is 29.1 Å². The Bertz CT molecular complexity index is 960. The molecule has 0 spiro atoms. The van der Waals surface area contributed by atoms with Gasteiger partial charge in [-0.2, -0.15) is 4.31 Å². The number of piperazine rings is 1. The summed E-state index contributed by atoms with van der Waals surface area (Å²) in [6, 6.07) is 10.0. The Kier molecular flexibility index (Phi) is 5.40. The lowest BCUT2D eigenvalue weighted by atomic mass is 9.87. The molecule has 2 aromatic rings. The van der Waals surface area contributed by atoms with Crippen LogP contribution in [0.15, 0.2) is 47.5 Å². The Balaban J connectivity index is 1.75. The number of benzene rings is 1. The molecule has 1 aliphatic rings. The van der Waals surface area contributed by atoms with E-state index in [9.17, 15) is 18.5 Å². The molecule has 0 radical (unpaired) electrons. The van der Waals surface area contributed by atoms with Crippen molar-refractivity contribution in [2.75, 3.05) is 31.1 Å². The van der Waals surface area contributed by atoms with Gasteiger partial charge in [-0.3, -0.25) is 15.0 Å². The fourth-order valence-electron chi connectivity index (χ4n) is 3.25. The normalized spacial score (nSPS) is 16.2. The number of sulfonamides is 1. The number of nitrogens with one attached hydrogen (secondary N) is 1. The van der Waals surface area contributed by atoms with Crippen LogP contribution in [-0.2, 0) is 15.4 Å². The minimum atomic E-state index is -3.59. The van der Waals surface area contributed by atoms with Gasteiger partial charge in [0.2, 0.25) is 10.0 Å². The minimum absolute atomic E-state index is 0.0171. The van der Waals surface area contributed by atoms with Gasteiger partial charge in [-0.15, -0.1) is 0 Å². The van der Waals surface area contributed by atoms with E-state index in [4.69, 9.17) is 0 Å². The van der Waals surface area contributed by atoms with E-state index in [1.165, 1.54) is 10.4 Å². The van der Waals surface area contributed by atoms with Crippen LogP contribution in [-0.4, -0.2) is 43.8 Å². The first kappa shape index (κ1) is 20.2. The molecule has 28 heavy (non-hydrogen) atoms. The minimum Gasteiger partial charge on any atom is -0.258 e. The number of aromatic nitrogens is 1. The first-order chi connectivity index (χ1) is 13.1. The van der Waals surface area contributed by atoms with Gasteiger partial charge in [-0.25, -0.2) is 13.4 Å². The summed E-state index contributed by atoms with van der Waals surface area (Å²) in [6.07, 6.45) is 1.63. The number of anilines is 1. The summed E-state index contributed by atoms with van der Waals surface area (Å²) >= 11 is 0. The highest BCUT2D eigenvalue weighted by Crippen LogP contribution is 2.27. The first-order valence-electron chi connectivity index (χ1n) is 9.11. The third kappa shape index (κ3) is 4.00. The standard InChI is InChI=1S/C19H24N4O4S/c1-19(2,3)15-6-8-16(9-7-15)28(26,27)22-13-11-21(12-14-22)18-17(23(24)25)5-4-10-20-18/h4-10H,11-14H2,1-3H3/p+1. The Labute approximate surface area is 165 Å². The fourth-order valence-corrected chi connectivity index (χ4v) is 4.67. The van der Waals surface area contributed by atoms with Crippen LogP contribution in [0, 0.1) is 10.1 Å². The summed E-state index contributed by atoms with van der Waals surface area (Å²) in [4.78, 5) is 15.8. The molecule has 9 heteroatoms. The molecule has 1 N–H and O–H groups in total. The van der Waals surface area contributed by atoms with Crippen molar-refractivity contribution in [3.05, 3.63) is 58.3 Å². The Morgan fingerprint density at radius 2 is 1.64 bits per heavy atom. The van der Waals surface area contributed by atoms with E-state index in [0.717, 1.165) is 5.56 Å². The maximum Gasteiger partial charge on any atom is 0.357 e. The van der Waals surface area contributed by atoms with Crippen molar-refractivity contribution >= 4 is 21.5 Å². The third-order valence-corrected chi connectivity index (χ3v) is 6.84. The molecule has 3 rings (SSSR count). The van der Waals surface area contributed by atoms with Gasteiger partial charge in [0, 0.05) is 6.07 Å². The number of rotatable bonds is 4. The SMILES string of the molecule is CC(C)(C)c1ccc(S(=O)(=O)N2CCN(c3[nH+]cccc3[N+](=O)[O-])CC2)cc1. The highest BCUT2D eigenvalue weighted by atomic mass is 32.2. The predicted octanol–water partition coefficient (Wildman–Crippen LogP) is 2.22. The molecule has 1 aliphatic heterocycles. The van der Waals surface area contributed by atoms with Gasteiger partial charge in [-0.1, -0.05) is 32.9 Å². The number of nitrogens with zero attached hydrogens (tertiary/aromatic N) is 3. The fraction of sp³-hybridized carbons (Fsp3) is 0.421. The quantitative estimate of drug-likeness (QED) is 0.574. The molecular formula is C19H25N4O4S+. The number of hydrogen-bond donors (Lipinski definition) is 0. The average Bonchev–Trinajstić information content (AvgIpc) is 2.67. The number of hydrogen-bond acceptors (Lipinski definition) is 5. The summed E-state index contributed by atoms with van der Waals surface area (Å²) in [7, 11) is -3.59. The predicted molar refractivity (Wildman–Crippen MR) is 106 cm³/mol. The molecule has 8 nitrogen and oxygen atoms in total. The third-order valence-electron chi connectivity index (χ3n) is 4.92. The van der Waals surface area contributed by atoms with Crippen molar-refractivity contribution in [1.82, 2.24) is 4.31 Å². The van der Waals surface area contributed by atoms with Crippen LogP contribution in [0.1, 0.15) is 26.3 Å². The van der Waals surface area contributed by atoms with E-state index in [1.54, 1.807) is 24.4 Å². The zero-order valence-electron chi connectivity index (χ0n) is 16.3. The lowest BCUT2D eigenvalue weighted by Crippen LogP contribution is -2.50. The molecule has 1 aromatic heterocycles. The molecule has 0 saturated carbocycles. The molecule has 0 atom stereocenters. The highest BCUT2D eigenvalue weighted by Gasteiger charge is 2.35. The van der Waals surface area contributed by atoms with Gasteiger partial charge in [0.15, 0.2) is 0 Å². The van der Waals surface area contributed by atoms with E-state index in [0.29, 0.717) is 18.9 Å². The Hall–Kier alpha value is -2.52. The van der Waals surface area contributed by atoms with Crippen LogP contribution in [0.25, 0.3) is 0 Å². The lowest BCUT2D eigenvalue weighted by molar-refractivity contribution is -0.411.